The maximum atomic E-state index is 11.7. The molecule has 1 fully saturated rings. The van der Waals surface area contributed by atoms with Crippen molar-refractivity contribution in [1.82, 2.24) is 5.32 Å². The van der Waals surface area contributed by atoms with Gasteiger partial charge >= 0.3 is 24.0 Å². The lowest BCUT2D eigenvalue weighted by Crippen LogP contribution is -2.54. The Morgan fingerprint density at radius 2 is 1.64 bits per heavy atom. The van der Waals surface area contributed by atoms with E-state index in [1.54, 1.807) is 0 Å². The summed E-state index contributed by atoms with van der Waals surface area (Å²) in [6.45, 7) is 4.45. The van der Waals surface area contributed by atoms with Crippen LogP contribution in [0.1, 0.15) is 32.8 Å². The first-order chi connectivity index (χ1) is 17.2. The number of amides is 1. The first-order valence-corrected chi connectivity index (χ1v) is 11.5. The lowest BCUT2D eigenvalue weighted by molar-refractivity contribution is -0.267. The molecule has 0 unspecified atom stereocenters. The topological polar surface area (TPSA) is 145 Å². The summed E-state index contributed by atoms with van der Waals surface area (Å²) in [5.41, 5.74) is 0.885. The number of hydrogen-bond donors (Lipinski definition) is 1. The van der Waals surface area contributed by atoms with Gasteiger partial charge in [0.1, 0.15) is 25.4 Å². The van der Waals surface area contributed by atoms with E-state index < -0.39 is 48.6 Å². The average molecular weight is 512 g/mol. The zero-order chi connectivity index (χ0) is 26.3. The molecule has 0 aliphatic carbocycles. The summed E-state index contributed by atoms with van der Waals surface area (Å²) in [4.78, 5) is 46.1. The molecule has 2 rings (SSSR count). The summed E-state index contributed by atoms with van der Waals surface area (Å²) >= 11 is 0. The zero-order valence-corrected chi connectivity index (χ0v) is 20.6. The van der Waals surface area contributed by atoms with Gasteiger partial charge in [-0.3, -0.25) is 14.4 Å². The van der Waals surface area contributed by atoms with Crippen LogP contribution in [0.3, 0.4) is 0 Å². The second kappa shape index (κ2) is 15.7. The molecule has 0 radical (unpaired) electrons. The van der Waals surface area contributed by atoms with Crippen LogP contribution >= 0.6 is 0 Å². The molecule has 1 amide bonds. The second-order valence-corrected chi connectivity index (χ2v) is 7.84. The summed E-state index contributed by atoms with van der Waals surface area (Å²) in [6, 6.07) is 9.32. The number of benzene rings is 1. The number of rotatable bonds is 13. The van der Waals surface area contributed by atoms with Crippen LogP contribution in [0.25, 0.3) is 0 Å². The van der Waals surface area contributed by atoms with Crippen molar-refractivity contribution in [3.63, 3.8) is 0 Å². The molecule has 1 heterocycles. The van der Waals surface area contributed by atoms with Gasteiger partial charge < -0.3 is 38.5 Å². The standard InChI is InChI=1S/C24H33NO11/c1-16(26)32-15-21-23(35-18(3)28)20(34-17(2)27)13-22(36-21)31-12-11-30-10-9-25-24(29)33-14-19-7-5-4-6-8-19/h4-8,20-23H,9-15H2,1-3H3,(H,25,29)/t20-,21-,22-,23-/m1/s1. The van der Waals surface area contributed by atoms with Crippen molar-refractivity contribution in [2.24, 2.45) is 0 Å². The van der Waals surface area contributed by atoms with Crippen LogP contribution in [-0.2, 0) is 54.1 Å². The Hall–Kier alpha value is -3.22. The van der Waals surface area contributed by atoms with Crippen molar-refractivity contribution in [2.45, 2.75) is 58.4 Å². The predicted octanol–water partition coefficient (Wildman–Crippen LogP) is 1.49. The van der Waals surface area contributed by atoms with Gasteiger partial charge in [0.25, 0.3) is 0 Å². The average Bonchev–Trinajstić information content (AvgIpc) is 2.82. The Bertz CT molecular complexity index is 848. The normalized spacial score (nSPS) is 21.2. The number of hydrogen-bond acceptors (Lipinski definition) is 11. The molecule has 1 aromatic carbocycles. The monoisotopic (exact) mass is 511 g/mol. The summed E-state index contributed by atoms with van der Waals surface area (Å²) in [7, 11) is 0. The molecular weight excluding hydrogens is 478 g/mol. The third kappa shape index (κ3) is 11.5. The Kier molecular flexibility index (Phi) is 12.7. The van der Waals surface area contributed by atoms with Crippen molar-refractivity contribution in [2.75, 3.05) is 33.0 Å². The number of esters is 3. The lowest BCUT2D eigenvalue weighted by Gasteiger charge is -2.39. The third-order valence-electron chi connectivity index (χ3n) is 4.81. The third-order valence-corrected chi connectivity index (χ3v) is 4.81. The van der Waals surface area contributed by atoms with E-state index in [0.29, 0.717) is 0 Å². The minimum absolute atomic E-state index is 0.100. The highest BCUT2D eigenvalue weighted by Crippen LogP contribution is 2.27. The zero-order valence-electron chi connectivity index (χ0n) is 20.6. The van der Waals surface area contributed by atoms with E-state index in [9.17, 15) is 19.2 Å². The molecular formula is C24H33NO11. The summed E-state index contributed by atoms with van der Waals surface area (Å²) in [5.74, 6) is -1.71. The molecule has 200 valence electrons. The van der Waals surface area contributed by atoms with Crippen LogP contribution in [0.4, 0.5) is 4.79 Å². The Balaban J connectivity index is 1.71. The van der Waals surface area contributed by atoms with Gasteiger partial charge in [0.05, 0.1) is 19.8 Å². The molecule has 1 saturated heterocycles. The Labute approximate surface area is 209 Å². The molecule has 0 aromatic heterocycles. The SMILES string of the molecule is CC(=O)OC[C@H]1O[C@@H](OCCOCCNC(=O)OCc2ccccc2)C[C@@H](OC(C)=O)[C@H]1OC(C)=O. The van der Waals surface area contributed by atoms with Gasteiger partial charge in [0.15, 0.2) is 12.4 Å². The second-order valence-electron chi connectivity index (χ2n) is 7.84. The van der Waals surface area contributed by atoms with Crippen molar-refractivity contribution < 1.29 is 52.3 Å². The van der Waals surface area contributed by atoms with E-state index in [1.165, 1.54) is 20.8 Å². The maximum Gasteiger partial charge on any atom is 0.407 e. The van der Waals surface area contributed by atoms with Crippen LogP contribution in [0.5, 0.6) is 0 Å². The van der Waals surface area contributed by atoms with Gasteiger partial charge in [-0.1, -0.05) is 30.3 Å². The number of carbonyl (C=O) groups is 4. The molecule has 0 bridgehead atoms. The molecule has 12 heteroatoms. The smallest absolute Gasteiger partial charge is 0.407 e. The highest BCUT2D eigenvalue weighted by molar-refractivity contribution is 5.68. The summed E-state index contributed by atoms with van der Waals surface area (Å²) < 4.78 is 37.6. The van der Waals surface area contributed by atoms with Crippen LogP contribution in [0.2, 0.25) is 0 Å². The molecule has 1 aliphatic rings. The lowest BCUT2D eigenvalue weighted by atomic mass is 10.0. The molecule has 1 aliphatic heterocycles. The molecule has 4 atom stereocenters. The number of alkyl carbamates (subject to hydrolysis) is 1. The highest BCUT2D eigenvalue weighted by Gasteiger charge is 2.44. The van der Waals surface area contributed by atoms with Crippen molar-refractivity contribution in [1.29, 1.82) is 0 Å². The van der Waals surface area contributed by atoms with E-state index in [4.69, 9.17) is 33.2 Å². The maximum absolute atomic E-state index is 11.7. The number of nitrogens with one attached hydrogen (secondary N) is 1. The molecule has 0 spiro atoms. The minimum atomic E-state index is -0.963. The molecule has 1 N–H and O–H groups in total. The molecule has 1 aromatic rings. The minimum Gasteiger partial charge on any atom is -0.463 e. The predicted molar refractivity (Wildman–Crippen MR) is 122 cm³/mol. The van der Waals surface area contributed by atoms with Crippen LogP contribution in [-0.4, -0.2) is 81.6 Å². The van der Waals surface area contributed by atoms with Gasteiger partial charge in [0.2, 0.25) is 0 Å². The van der Waals surface area contributed by atoms with Gasteiger partial charge in [-0.05, 0) is 5.56 Å². The van der Waals surface area contributed by atoms with E-state index >= 15 is 0 Å². The van der Waals surface area contributed by atoms with Gasteiger partial charge in [-0.15, -0.1) is 0 Å². The van der Waals surface area contributed by atoms with Crippen molar-refractivity contribution in [3.05, 3.63) is 35.9 Å². The van der Waals surface area contributed by atoms with Crippen LogP contribution in [0, 0.1) is 0 Å². The fraction of sp³-hybridized carbons (Fsp3) is 0.583. The summed E-state index contributed by atoms with van der Waals surface area (Å²) in [6.07, 6.45) is -3.98. The molecule has 12 nitrogen and oxygen atoms in total. The quantitative estimate of drug-likeness (QED) is 0.233. The van der Waals surface area contributed by atoms with E-state index in [0.717, 1.165) is 5.56 Å². The van der Waals surface area contributed by atoms with Gasteiger partial charge in [-0.25, -0.2) is 4.79 Å². The first-order valence-electron chi connectivity index (χ1n) is 11.5. The highest BCUT2D eigenvalue weighted by atomic mass is 16.7. The fourth-order valence-electron chi connectivity index (χ4n) is 3.34. The van der Waals surface area contributed by atoms with Crippen molar-refractivity contribution in [3.8, 4) is 0 Å². The van der Waals surface area contributed by atoms with Gasteiger partial charge in [-0.2, -0.15) is 0 Å². The van der Waals surface area contributed by atoms with Gasteiger partial charge in [0, 0.05) is 33.7 Å². The summed E-state index contributed by atoms with van der Waals surface area (Å²) in [5, 5.41) is 2.58. The largest absolute Gasteiger partial charge is 0.463 e. The van der Waals surface area contributed by atoms with E-state index in [-0.39, 0.29) is 46.0 Å². The Morgan fingerprint density at radius 1 is 0.917 bits per heavy atom. The van der Waals surface area contributed by atoms with E-state index in [1.807, 2.05) is 30.3 Å². The fourth-order valence-corrected chi connectivity index (χ4v) is 3.34. The van der Waals surface area contributed by atoms with Crippen LogP contribution in [0.15, 0.2) is 30.3 Å². The molecule has 0 saturated carbocycles. The first kappa shape index (κ1) is 29.0. The number of carbonyl (C=O) groups excluding carboxylic acids is 4. The number of ether oxygens (including phenoxy) is 7. The molecule has 36 heavy (non-hydrogen) atoms. The van der Waals surface area contributed by atoms with Crippen molar-refractivity contribution >= 4 is 24.0 Å². The Morgan fingerprint density at radius 3 is 2.31 bits per heavy atom. The van der Waals surface area contributed by atoms with Crippen LogP contribution < -0.4 is 5.32 Å². The van der Waals surface area contributed by atoms with E-state index in [2.05, 4.69) is 5.32 Å².